The first-order valence-corrected chi connectivity index (χ1v) is 8.92. The predicted octanol–water partition coefficient (Wildman–Crippen LogP) is 3.65. The molecule has 2 unspecified atom stereocenters. The lowest BCUT2D eigenvalue weighted by atomic mass is 9.90. The number of aromatic nitrogens is 1. The summed E-state index contributed by atoms with van der Waals surface area (Å²) in [5.74, 6) is 0.866. The van der Waals surface area contributed by atoms with Crippen LogP contribution in [0.2, 0.25) is 0 Å². The number of nitrogens with one attached hydrogen (secondary N) is 1. The fourth-order valence-corrected chi connectivity index (χ4v) is 4.39. The molecule has 1 saturated heterocycles. The largest absolute Gasteiger partial charge is 0.365 e. The second-order valence-corrected chi connectivity index (χ2v) is 7.65. The van der Waals surface area contributed by atoms with E-state index in [2.05, 4.69) is 47.2 Å². The highest BCUT2D eigenvalue weighted by Crippen LogP contribution is 2.42. The minimum Gasteiger partial charge on any atom is -0.365 e. The minimum absolute atomic E-state index is 0.286. The Morgan fingerprint density at radius 3 is 3.05 bits per heavy atom. The van der Waals surface area contributed by atoms with Crippen LogP contribution in [0, 0.1) is 5.92 Å². The second kappa shape index (κ2) is 4.96. The van der Waals surface area contributed by atoms with Crippen molar-refractivity contribution in [1.29, 1.82) is 0 Å². The van der Waals surface area contributed by atoms with Crippen molar-refractivity contribution in [2.45, 2.75) is 44.7 Å². The molecule has 112 valence electrons. The molecule has 0 radical (unpaired) electrons. The summed E-state index contributed by atoms with van der Waals surface area (Å²) < 4.78 is 1.30. The Hall–Kier alpha value is -1.13. The highest BCUT2D eigenvalue weighted by molar-refractivity contribution is 7.16. The van der Waals surface area contributed by atoms with Crippen LogP contribution < -0.4 is 10.2 Å². The van der Waals surface area contributed by atoms with Crippen molar-refractivity contribution in [3.8, 4) is 0 Å². The number of thiazole rings is 1. The van der Waals surface area contributed by atoms with Crippen molar-refractivity contribution in [3.63, 3.8) is 0 Å². The van der Waals surface area contributed by atoms with Gasteiger partial charge in [0.1, 0.15) is 0 Å². The predicted molar refractivity (Wildman–Crippen MR) is 90.2 cm³/mol. The summed E-state index contributed by atoms with van der Waals surface area (Å²) in [5.41, 5.74) is 4.72. The van der Waals surface area contributed by atoms with Crippen LogP contribution in [0.15, 0.2) is 23.7 Å². The molecule has 0 spiro atoms. The molecule has 21 heavy (non-hydrogen) atoms. The number of piperazine rings is 1. The Morgan fingerprint density at radius 1 is 1.43 bits per heavy atom. The van der Waals surface area contributed by atoms with Gasteiger partial charge in [-0.25, -0.2) is 4.98 Å². The van der Waals surface area contributed by atoms with Gasteiger partial charge in [0.05, 0.1) is 15.7 Å². The van der Waals surface area contributed by atoms with Crippen molar-refractivity contribution in [2.75, 3.05) is 18.0 Å². The second-order valence-electron chi connectivity index (χ2n) is 6.77. The molecule has 1 N–H and O–H groups in total. The lowest BCUT2D eigenvalue weighted by molar-refractivity contribution is 0.252. The normalized spacial score (nSPS) is 30.0. The Morgan fingerprint density at radius 2 is 2.29 bits per heavy atom. The molecule has 0 amide bonds. The first kappa shape index (κ1) is 13.5. The van der Waals surface area contributed by atoms with Crippen LogP contribution in [0.1, 0.15) is 33.1 Å². The van der Waals surface area contributed by atoms with Crippen LogP contribution in [0.25, 0.3) is 10.2 Å². The number of fused-ring (bicyclic) bond motifs is 1. The van der Waals surface area contributed by atoms with Gasteiger partial charge in [-0.1, -0.05) is 6.92 Å². The number of nitrogens with zero attached hydrogens (tertiary/aromatic N) is 2. The lowest BCUT2D eigenvalue weighted by Crippen LogP contribution is -2.64. The third-order valence-corrected chi connectivity index (χ3v) is 6.07. The average Bonchev–Trinajstić information content (AvgIpc) is 3.26. The zero-order valence-electron chi connectivity index (χ0n) is 12.8. The fourth-order valence-electron chi connectivity index (χ4n) is 3.68. The minimum atomic E-state index is 0.286. The van der Waals surface area contributed by atoms with Crippen LogP contribution >= 0.6 is 11.3 Å². The molecule has 4 rings (SSSR count). The summed E-state index contributed by atoms with van der Waals surface area (Å²) in [4.78, 5) is 7.03. The Bertz CT molecular complexity index is 648. The molecule has 2 aromatic rings. The zero-order valence-corrected chi connectivity index (χ0v) is 13.6. The summed E-state index contributed by atoms with van der Waals surface area (Å²) in [7, 11) is 0. The molecule has 1 saturated carbocycles. The van der Waals surface area contributed by atoms with E-state index >= 15 is 0 Å². The van der Waals surface area contributed by atoms with Gasteiger partial charge in [-0.3, -0.25) is 0 Å². The number of hydrogen-bond donors (Lipinski definition) is 1. The Labute approximate surface area is 130 Å². The summed E-state index contributed by atoms with van der Waals surface area (Å²) in [5, 5.41) is 3.84. The molecule has 2 heterocycles. The van der Waals surface area contributed by atoms with Crippen molar-refractivity contribution < 1.29 is 0 Å². The zero-order chi connectivity index (χ0) is 14.4. The third-order valence-electron chi connectivity index (χ3n) is 5.28. The highest BCUT2D eigenvalue weighted by atomic mass is 32.1. The molecule has 1 aliphatic heterocycles. The first-order valence-electron chi connectivity index (χ1n) is 8.04. The third kappa shape index (κ3) is 2.34. The van der Waals surface area contributed by atoms with Gasteiger partial charge in [-0.05, 0) is 50.3 Å². The Balaban J connectivity index is 1.68. The van der Waals surface area contributed by atoms with E-state index in [0.29, 0.717) is 6.04 Å². The van der Waals surface area contributed by atoms with Crippen LogP contribution in [-0.4, -0.2) is 29.7 Å². The van der Waals surface area contributed by atoms with E-state index in [-0.39, 0.29) is 5.54 Å². The number of rotatable bonds is 3. The average molecular weight is 301 g/mol. The molecular formula is C17H23N3S. The quantitative estimate of drug-likeness (QED) is 0.938. The molecule has 2 aliphatic rings. The molecule has 1 aromatic carbocycles. The van der Waals surface area contributed by atoms with Gasteiger partial charge in [-0.15, -0.1) is 11.3 Å². The van der Waals surface area contributed by atoms with Gasteiger partial charge in [0, 0.05) is 30.4 Å². The number of anilines is 1. The van der Waals surface area contributed by atoms with E-state index in [9.17, 15) is 0 Å². The summed E-state index contributed by atoms with van der Waals surface area (Å²) >= 11 is 1.74. The van der Waals surface area contributed by atoms with Crippen LogP contribution in [0.3, 0.4) is 0 Å². The molecule has 1 aliphatic carbocycles. The molecule has 0 bridgehead atoms. The van der Waals surface area contributed by atoms with E-state index in [1.807, 2.05) is 5.51 Å². The summed E-state index contributed by atoms with van der Waals surface area (Å²) in [6.07, 6.45) is 3.97. The molecule has 3 nitrogen and oxygen atoms in total. The van der Waals surface area contributed by atoms with Crippen LogP contribution in [0.4, 0.5) is 5.69 Å². The van der Waals surface area contributed by atoms with E-state index in [1.165, 1.54) is 29.6 Å². The van der Waals surface area contributed by atoms with Crippen molar-refractivity contribution in [1.82, 2.24) is 10.3 Å². The van der Waals surface area contributed by atoms with Crippen molar-refractivity contribution in [2.24, 2.45) is 5.92 Å². The van der Waals surface area contributed by atoms with Gasteiger partial charge in [0.2, 0.25) is 0 Å². The maximum absolute atomic E-state index is 4.40. The highest BCUT2D eigenvalue weighted by Gasteiger charge is 2.45. The molecule has 4 heteroatoms. The van der Waals surface area contributed by atoms with Gasteiger partial charge in [-0.2, -0.15) is 0 Å². The Kier molecular flexibility index (Phi) is 3.19. The maximum Gasteiger partial charge on any atom is 0.0813 e. The molecule has 2 fully saturated rings. The standard InChI is InChI=1S/C17H23N3S/c1-3-13-9-19-17(2,12-4-5-12)10-20(13)14-6-7-15-16(8-14)21-11-18-15/h6-8,11-13,19H,3-5,9-10H2,1-2H3. The molecule has 2 atom stereocenters. The van der Waals surface area contributed by atoms with Crippen molar-refractivity contribution >= 4 is 27.2 Å². The monoisotopic (exact) mass is 301 g/mol. The smallest absolute Gasteiger partial charge is 0.0813 e. The number of benzene rings is 1. The van der Waals surface area contributed by atoms with E-state index in [0.717, 1.165) is 24.5 Å². The maximum atomic E-state index is 4.40. The fraction of sp³-hybridized carbons (Fsp3) is 0.588. The summed E-state index contributed by atoms with van der Waals surface area (Å²) in [6.45, 7) is 6.93. The molecular weight excluding hydrogens is 278 g/mol. The van der Waals surface area contributed by atoms with E-state index < -0.39 is 0 Å². The van der Waals surface area contributed by atoms with Gasteiger partial charge in [0.15, 0.2) is 0 Å². The molecule has 1 aromatic heterocycles. The van der Waals surface area contributed by atoms with Gasteiger partial charge in [0.25, 0.3) is 0 Å². The summed E-state index contributed by atoms with van der Waals surface area (Å²) in [6, 6.07) is 7.35. The van der Waals surface area contributed by atoms with Crippen LogP contribution in [-0.2, 0) is 0 Å². The van der Waals surface area contributed by atoms with E-state index in [4.69, 9.17) is 0 Å². The van der Waals surface area contributed by atoms with Gasteiger partial charge >= 0.3 is 0 Å². The van der Waals surface area contributed by atoms with Crippen LogP contribution in [0.5, 0.6) is 0 Å². The lowest BCUT2D eigenvalue weighted by Gasteiger charge is -2.47. The number of hydrogen-bond acceptors (Lipinski definition) is 4. The SMILES string of the molecule is CCC1CNC(C)(C2CC2)CN1c1ccc2ncsc2c1. The topological polar surface area (TPSA) is 28.2 Å². The van der Waals surface area contributed by atoms with E-state index in [1.54, 1.807) is 11.3 Å². The van der Waals surface area contributed by atoms with Crippen molar-refractivity contribution in [3.05, 3.63) is 23.7 Å². The first-order chi connectivity index (χ1) is 10.2. The van der Waals surface area contributed by atoms with Gasteiger partial charge < -0.3 is 10.2 Å².